The van der Waals surface area contributed by atoms with Gasteiger partial charge in [-0.15, -0.1) is 5.54 Å². The van der Waals surface area contributed by atoms with Gasteiger partial charge in [0.2, 0.25) is 0 Å². The van der Waals surface area contributed by atoms with Gasteiger partial charge in [0.05, 0.1) is 5.56 Å². The molecule has 0 radical (unpaired) electrons. The van der Waals surface area contributed by atoms with E-state index in [1.165, 1.54) is 12.0 Å². The van der Waals surface area contributed by atoms with Crippen molar-refractivity contribution in [2.24, 2.45) is 0 Å². The summed E-state index contributed by atoms with van der Waals surface area (Å²) in [6.45, 7) is 7.67. The Morgan fingerprint density at radius 2 is 2.16 bits per heavy atom. The van der Waals surface area contributed by atoms with Crippen LogP contribution in [0.2, 0.25) is 19.6 Å². The van der Waals surface area contributed by atoms with E-state index in [9.17, 15) is 4.79 Å². The smallest absolute Gasteiger partial charge is 0.263 e. The second-order valence-electron chi connectivity index (χ2n) is 6.31. The van der Waals surface area contributed by atoms with Crippen LogP contribution in [0, 0.1) is 11.5 Å². The molecular formula is C15H22N2OSi. The monoisotopic (exact) mass is 274 g/mol. The van der Waals surface area contributed by atoms with Crippen LogP contribution in [0.5, 0.6) is 0 Å². The summed E-state index contributed by atoms with van der Waals surface area (Å²) >= 11 is 0. The van der Waals surface area contributed by atoms with E-state index in [1.54, 1.807) is 0 Å². The SMILES string of the molecule is CN1CCC[C@H]1c1c[nH]c(=O)c(C#C[Si](C)(C)C)c1. The maximum atomic E-state index is 11.8. The highest BCUT2D eigenvalue weighted by Crippen LogP contribution is 2.29. The molecule has 2 heterocycles. The van der Waals surface area contributed by atoms with Crippen LogP contribution in [-0.4, -0.2) is 31.6 Å². The number of aromatic nitrogens is 1. The highest BCUT2D eigenvalue weighted by molar-refractivity contribution is 6.83. The van der Waals surface area contributed by atoms with Gasteiger partial charge in [0.15, 0.2) is 0 Å². The van der Waals surface area contributed by atoms with Gasteiger partial charge in [0.1, 0.15) is 8.07 Å². The second kappa shape index (κ2) is 5.36. The van der Waals surface area contributed by atoms with Gasteiger partial charge in [-0.25, -0.2) is 0 Å². The van der Waals surface area contributed by atoms with Crippen LogP contribution in [0.25, 0.3) is 0 Å². The Bertz CT molecular complexity index is 574. The highest BCUT2D eigenvalue weighted by atomic mass is 28.3. The van der Waals surface area contributed by atoms with Gasteiger partial charge in [-0.3, -0.25) is 9.69 Å². The third-order valence-corrected chi connectivity index (χ3v) is 4.28. The first-order valence-corrected chi connectivity index (χ1v) is 10.3. The summed E-state index contributed by atoms with van der Waals surface area (Å²) in [5, 5.41) is 0. The summed E-state index contributed by atoms with van der Waals surface area (Å²) in [6, 6.07) is 2.39. The lowest BCUT2D eigenvalue weighted by Crippen LogP contribution is -2.20. The first-order valence-electron chi connectivity index (χ1n) is 6.83. The lowest BCUT2D eigenvalue weighted by atomic mass is 10.1. The van der Waals surface area contributed by atoms with E-state index in [4.69, 9.17) is 0 Å². The van der Waals surface area contributed by atoms with Gasteiger partial charge >= 0.3 is 0 Å². The molecule has 0 spiro atoms. The molecule has 0 bridgehead atoms. The predicted octanol–water partition coefficient (Wildman–Crippen LogP) is 2.37. The maximum Gasteiger partial charge on any atom is 0.263 e. The van der Waals surface area contributed by atoms with Crippen molar-refractivity contribution in [1.82, 2.24) is 9.88 Å². The van der Waals surface area contributed by atoms with Crippen LogP contribution < -0.4 is 5.56 Å². The topological polar surface area (TPSA) is 36.1 Å². The molecule has 1 aliphatic rings. The van der Waals surface area contributed by atoms with Crippen molar-refractivity contribution in [1.29, 1.82) is 0 Å². The Hall–Kier alpha value is -1.31. The average molecular weight is 274 g/mol. The number of H-pyrrole nitrogens is 1. The van der Waals surface area contributed by atoms with Crippen LogP contribution in [0.15, 0.2) is 17.1 Å². The van der Waals surface area contributed by atoms with Crippen LogP contribution in [0.4, 0.5) is 0 Å². The lowest BCUT2D eigenvalue weighted by Gasteiger charge is -2.19. The number of hydrogen-bond donors (Lipinski definition) is 1. The third kappa shape index (κ3) is 3.58. The molecule has 0 aromatic carbocycles. The van der Waals surface area contributed by atoms with Crippen LogP contribution in [0.3, 0.4) is 0 Å². The molecule has 19 heavy (non-hydrogen) atoms. The number of hydrogen-bond acceptors (Lipinski definition) is 2. The zero-order chi connectivity index (χ0) is 14.0. The van der Waals surface area contributed by atoms with Crippen LogP contribution in [-0.2, 0) is 0 Å². The molecule has 0 saturated carbocycles. The molecule has 1 aliphatic heterocycles. The Morgan fingerprint density at radius 3 is 2.74 bits per heavy atom. The maximum absolute atomic E-state index is 11.8. The first kappa shape index (κ1) is 14.1. The van der Waals surface area contributed by atoms with E-state index in [0.717, 1.165) is 13.0 Å². The molecule has 1 N–H and O–H groups in total. The van der Waals surface area contributed by atoms with Gasteiger partial charge in [-0.2, -0.15) is 0 Å². The second-order valence-corrected chi connectivity index (χ2v) is 11.1. The summed E-state index contributed by atoms with van der Waals surface area (Å²) in [5.41, 5.74) is 4.98. The largest absolute Gasteiger partial charge is 0.328 e. The van der Waals surface area contributed by atoms with E-state index in [1.807, 2.05) is 12.3 Å². The van der Waals surface area contributed by atoms with Gasteiger partial charge < -0.3 is 4.98 Å². The summed E-state index contributed by atoms with van der Waals surface area (Å²) < 4.78 is 0. The molecule has 1 aromatic rings. The standard InChI is InChI=1S/C15H22N2OSi/c1-17-8-5-6-14(17)13-10-12(15(18)16-11-13)7-9-19(2,3)4/h10-11,14H,5-6,8H2,1-4H3,(H,16,18)/t14-/m0/s1. The number of pyridine rings is 1. The Kier molecular flexibility index (Phi) is 3.98. The van der Waals surface area contributed by atoms with Gasteiger partial charge in [-0.1, -0.05) is 25.6 Å². The number of aromatic amines is 1. The molecule has 1 atom stereocenters. The van der Waals surface area contributed by atoms with Gasteiger partial charge in [0.25, 0.3) is 5.56 Å². The van der Waals surface area contributed by atoms with Crippen LogP contribution >= 0.6 is 0 Å². The number of likely N-dealkylation sites (tertiary alicyclic amines) is 1. The number of nitrogens with one attached hydrogen (secondary N) is 1. The molecule has 4 heteroatoms. The Balaban J connectivity index is 2.34. The van der Waals surface area contributed by atoms with Crippen molar-refractivity contribution in [3.05, 3.63) is 33.7 Å². The molecule has 3 nitrogen and oxygen atoms in total. The van der Waals surface area contributed by atoms with E-state index in [2.05, 4.69) is 48.0 Å². The minimum atomic E-state index is -1.45. The first-order chi connectivity index (χ1) is 8.87. The fourth-order valence-corrected chi connectivity index (χ4v) is 2.88. The van der Waals surface area contributed by atoms with Crippen molar-refractivity contribution in [3.63, 3.8) is 0 Å². The molecule has 0 unspecified atom stereocenters. The predicted molar refractivity (Wildman–Crippen MR) is 81.9 cm³/mol. The summed E-state index contributed by atoms with van der Waals surface area (Å²) in [4.78, 5) is 17.0. The highest BCUT2D eigenvalue weighted by Gasteiger charge is 2.23. The van der Waals surface area contributed by atoms with Gasteiger partial charge in [-0.05, 0) is 38.1 Å². The molecule has 102 valence electrons. The number of nitrogens with zero attached hydrogens (tertiary/aromatic N) is 1. The van der Waals surface area contributed by atoms with E-state index >= 15 is 0 Å². The fourth-order valence-electron chi connectivity index (χ4n) is 2.37. The van der Waals surface area contributed by atoms with Crippen molar-refractivity contribution in [2.75, 3.05) is 13.6 Å². The average Bonchev–Trinajstić information content (AvgIpc) is 2.73. The van der Waals surface area contributed by atoms with E-state index < -0.39 is 8.07 Å². The normalized spacial score (nSPS) is 20.1. The van der Waals surface area contributed by atoms with Crippen molar-refractivity contribution < 1.29 is 0 Å². The number of rotatable bonds is 1. The Labute approximate surface area is 116 Å². The zero-order valence-electron chi connectivity index (χ0n) is 12.2. The fraction of sp³-hybridized carbons (Fsp3) is 0.533. The molecule has 1 fully saturated rings. The van der Waals surface area contributed by atoms with Gasteiger partial charge in [0, 0.05) is 12.2 Å². The van der Waals surface area contributed by atoms with Crippen LogP contribution in [0.1, 0.15) is 30.0 Å². The molecule has 2 rings (SSSR count). The Morgan fingerprint density at radius 1 is 1.42 bits per heavy atom. The lowest BCUT2D eigenvalue weighted by molar-refractivity contribution is 0.317. The summed E-state index contributed by atoms with van der Waals surface area (Å²) in [7, 11) is 0.686. The molecule has 1 saturated heterocycles. The summed E-state index contributed by atoms with van der Waals surface area (Å²) in [6.07, 6.45) is 4.22. The van der Waals surface area contributed by atoms with Crippen molar-refractivity contribution in [3.8, 4) is 11.5 Å². The third-order valence-electron chi connectivity index (χ3n) is 3.40. The van der Waals surface area contributed by atoms with Crippen molar-refractivity contribution >= 4 is 8.07 Å². The van der Waals surface area contributed by atoms with Crippen molar-refractivity contribution in [2.45, 2.75) is 38.5 Å². The quantitative estimate of drug-likeness (QED) is 0.630. The van der Waals surface area contributed by atoms with E-state index in [-0.39, 0.29) is 5.56 Å². The molecule has 1 aromatic heterocycles. The summed E-state index contributed by atoms with van der Waals surface area (Å²) in [5.74, 6) is 3.08. The minimum Gasteiger partial charge on any atom is -0.328 e. The molecule has 0 amide bonds. The minimum absolute atomic E-state index is 0.0739. The van der Waals surface area contributed by atoms with E-state index in [0.29, 0.717) is 11.6 Å². The zero-order valence-corrected chi connectivity index (χ0v) is 13.2. The molecular weight excluding hydrogens is 252 g/mol. The molecule has 0 aliphatic carbocycles.